The molecule has 0 unspecified atom stereocenters. The van der Waals surface area contributed by atoms with E-state index in [4.69, 9.17) is 9.84 Å². The zero-order valence-electron chi connectivity index (χ0n) is 10.8. The Bertz CT molecular complexity index is 463. The molecule has 19 heavy (non-hydrogen) atoms. The molecule has 1 aliphatic rings. The molecule has 104 valence electrons. The molecule has 2 rings (SSSR count). The SMILES string of the molecule is CN(CCOCC1CC1)c1nccc(C(=O)O)c1F. The molecule has 1 aromatic rings. The van der Waals surface area contributed by atoms with E-state index in [1.54, 1.807) is 11.9 Å². The first-order valence-electron chi connectivity index (χ1n) is 6.26. The van der Waals surface area contributed by atoms with Crippen LogP contribution in [0.1, 0.15) is 23.2 Å². The minimum Gasteiger partial charge on any atom is -0.478 e. The summed E-state index contributed by atoms with van der Waals surface area (Å²) >= 11 is 0. The van der Waals surface area contributed by atoms with E-state index in [0.29, 0.717) is 19.1 Å². The van der Waals surface area contributed by atoms with Crippen molar-refractivity contribution < 1.29 is 19.0 Å². The summed E-state index contributed by atoms with van der Waals surface area (Å²) in [5.74, 6) is -1.37. The van der Waals surface area contributed by atoms with Crippen molar-refractivity contribution in [2.45, 2.75) is 12.8 Å². The van der Waals surface area contributed by atoms with Crippen LogP contribution in [0.2, 0.25) is 0 Å². The molecule has 0 bridgehead atoms. The minimum absolute atomic E-state index is 0.0370. The first-order chi connectivity index (χ1) is 9.09. The molecule has 0 atom stereocenters. The lowest BCUT2D eigenvalue weighted by Gasteiger charge is -2.19. The number of carboxylic acids is 1. The number of carboxylic acid groups (broad SMARTS) is 1. The van der Waals surface area contributed by atoms with E-state index in [1.807, 2.05) is 0 Å². The van der Waals surface area contributed by atoms with Gasteiger partial charge in [-0.2, -0.15) is 0 Å². The average molecular weight is 268 g/mol. The van der Waals surface area contributed by atoms with Gasteiger partial charge < -0.3 is 14.7 Å². The van der Waals surface area contributed by atoms with Crippen LogP contribution in [0.15, 0.2) is 12.3 Å². The zero-order chi connectivity index (χ0) is 13.8. The fourth-order valence-electron chi connectivity index (χ4n) is 1.71. The van der Waals surface area contributed by atoms with Crippen LogP contribution in [0.5, 0.6) is 0 Å². The maximum absolute atomic E-state index is 13.9. The predicted octanol–water partition coefficient (Wildman–Crippen LogP) is 1.78. The number of aromatic carboxylic acids is 1. The minimum atomic E-state index is -1.29. The molecule has 5 nitrogen and oxygen atoms in total. The molecule has 1 aromatic heterocycles. The molecule has 1 saturated carbocycles. The highest BCUT2D eigenvalue weighted by molar-refractivity contribution is 5.88. The first-order valence-corrected chi connectivity index (χ1v) is 6.26. The molecule has 1 heterocycles. The molecule has 1 aliphatic carbocycles. The van der Waals surface area contributed by atoms with E-state index in [1.165, 1.54) is 19.0 Å². The van der Waals surface area contributed by atoms with E-state index >= 15 is 0 Å². The lowest BCUT2D eigenvalue weighted by molar-refractivity contribution is 0.0692. The van der Waals surface area contributed by atoms with Gasteiger partial charge in [-0.1, -0.05) is 0 Å². The van der Waals surface area contributed by atoms with Gasteiger partial charge in [-0.25, -0.2) is 14.2 Å². The number of hydrogen-bond acceptors (Lipinski definition) is 4. The molecule has 0 aliphatic heterocycles. The number of likely N-dealkylation sites (N-methyl/N-ethyl adjacent to an activating group) is 1. The second-order valence-corrected chi connectivity index (χ2v) is 4.74. The highest BCUT2D eigenvalue weighted by Gasteiger charge is 2.21. The largest absolute Gasteiger partial charge is 0.478 e. The molecular weight excluding hydrogens is 251 g/mol. The summed E-state index contributed by atoms with van der Waals surface area (Å²) in [4.78, 5) is 16.3. The fraction of sp³-hybridized carbons (Fsp3) is 0.538. The third-order valence-corrected chi connectivity index (χ3v) is 3.08. The number of carbonyl (C=O) groups is 1. The van der Waals surface area contributed by atoms with Crippen LogP contribution in [0.4, 0.5) is 10.2 Å². The Balaban J connectivity index is 1.91. The molecule has 1 fully saturated rings. The topological polar surface area (TPSA) is 62.7 Å². The van der Waals surface area contributed by atoms with Crippen LogP contribution in [0.25, 0.3) is 0 Å². The lowest BCUT2D eigenvalue weighted by atomic mass is 10.2. The second kappa shape index (κ2) is 5.97. The number of ether oxygens (including phenoxy) is 1. The lowest BCUT2D eigenvalue weighted by Crippen LogP contribution is -2.25. The molecule has 0 saturated heterocycles. The van der Waals surface area contributed by atoms with Gasteiger partial charge in [0.25, 0.3) is 0 Å². The van der Waals surface area contributed by atoms with Crippen molar-refractivity contribution in [2.24, 2.45) is 5.92 Å². The van der Waals surface area contributed by atoms with Crippen LogP contribution in [-0.2, 0) is 4.74 Å². The number of halogens is 1. The first kappa shape index (κ1) is 13.7. The predicted molar refractivity (Wildman–Crippen MR) is 68.0 cm³/mol. The van der Waals surface area contributed by atoms with Crippen LogP contribution in [-0.4, -0.2) is 42.9 Å². The quantitative estimate of drug-likeness (QED) is 0.764. The van der Waals surface area contributed by atoms with Crippen LogP contribution >= 0.6 is 0 Å². The smallest absolute Gasteiger partial charge is 0.338 e. The zero-order valence-corrected chi connectivity index (χ0v) is 10.8. The number of rotatable bonds is 7. The van der Waals surface area contributed by atoms with E-state index in [0.717, 1.165) is 12.7 Å². The van der Waals surface area contributed by atoms with E-state index < -0.39 is 11.8 Å². The molecular formula is C13H17FN2O3. The third-order valence-electron chi connectivity index (χ3n) is 3.08. The Morgan fingerprint density at radius 2 is 2.37 bits per heavy atom. The van der Waals surface area contributed by atoms with Crippen molar-refractivity contribution >= 4 is 11.8 Å². The van der Waals surface area contributed by atoms with Gasteiger partial charge in [0, 0.05) is 26.4 Å². The van der Waals surface area contributed by atoms with Gasteiger partial charge >= 0.3 is 5.97 Å². The summed E-state index contributed by atoms with van der Waals surface area (Å²) in [5.41, 5.74) is -0.365. The van der Waals surface area contributed by atoms with E-state index in [9.17, 15) is 9.18 Å². The highest BCUT2D eigenvalue weighted by Crippen LogP contribution is 2.28. The Morgan fingerprint density at radius 1 is 1.63 bits per heavy atom. The van der Waals surface area contributed by atoms with Crippen LogP contribution in [0.3, 0.4) is 0 Å². The third kappa shape index (κ3) is 3.64. The fourth-order valence-corrected chi connectivity index (χ4v) is 1.71. The maximum atomic E-state index is 13.9. The van der Waals surface area contributed by atoms with Crippen LogP contribution in [0, 0.1) is 11.7 Å². The summed E-state index contributed by atoms with van der Waals surface area (Å²) in [7, 11) is 1.66. The second-order valence-electron chi connectivity index (χ2n) is 4.74. The molecule has 0 spiro atoms. The Labute approximate surface area is 111 Å². The van der Waals surface area contributed by atoms with Crippen LogP contribution < -0.4 is 4.90 Å². The summed E-state index contributed by atoms with van der Waals surface area (Å²) in [6.45, 7) is 1.70. The summed E-state index contributed by atoms with van der Waals surface area (Å²) in [5, 5.41) is 8.84. The number of anilines is 1. The molecule has 6 heteroatoms. The van der Waals surface area contributed by atoms with Gasteiger partial charge in [0.2, 0.25) is 0 Å². The normalized spacial score (nSPS) is 14.4. The van der Waals surface area contributed by atoms with Gasteiger partial charge in [-0.3, -0.25) is 0 Å². The van der Waals surface area contributed by atoms with Crippen molar-refractivity contribution in [3.05, 3.63) is 23.6 Å². The standard InChI is InChI=1S/C13H17FN2O3/c1-16(6-7-19-8-9-2-3-9)12-11(14)10(13(17)18)4-5-15-12/h4-5,9H,2-3,6-8H2,1H3,(H,17,18). The van der Waals surface area contributed by atoms with Gasteiger partial charge in [-0.05, 0) is 24.8 Å². The number of hydrogen-bond donors (Lipinski definition) is 1. The van der Waals surface area contributed by atoms with Crippen molar-refractivity contribution in [2.75, 3.05) is 31.7 Å². The summed E-state index contributed by atoms with van der Waals surface area (Å²) < 4.78 is 19.4. The Kier molecular flexibility index (Phi) is 4.31. The molecule has 0 amide bonds. The molecule has 0 radical (unpaired) electrons. The average Bonchev–Trinajstić information content (AvgIpc) is 3.18. The maximum Gasteiger partial charge on any atom is 0.338 e. The van der Waals surface area contributed by atoms with Gasteiger partial charge in [0.1, 0.15) is 5.56 Å². The van der Waals surface area contributed by atoms with Gasteiger partial charge in [0.05, 0.1) is 6.61 Å². The summed E-state index contributed by atoms with van der Waals surface area (Å²) in [6, 6.07) is 1.15. The summed E-state index contributed by atoms with van der Waals surface area (Å²) in [6.07, 6.45) is 3.75. The number of pyridine rings is 1. The molecule has 1 N–H and O–H groups in total. The van der Waals surface area contributed by atoms with E-state index in [-0.39, 0.29) is 11.4 Å². The number of nitrogens with zero attached hydrogens (tertiary/aromatic N) is 2. The Hall–Kier alpha value is -1.69. The van der Waals surface area contributed by atoms with Crippen molar-refractivity contribution in [1.29, 1.82) is 0 Å². The van der Waals surface area contributed by atoms with E-state index in [2.05, 4.69) is 4.98 Å². The molecule has 0 aromatic carbocycles. The van der Waals surface area contributed by atoms with Crippen molar-refractivity contribution in [3.63, 3.8) is 0 Å². The van der Waals surface area contributed by atoms with Gasteiger partial charge in [0.15, 0.2) is 11.6 Å². The van der Waals surface area contributed by atoms with Crippen molar-refractivity contribution in [1.82, 2.24) is 4.98 Å². The Morgan fingerprint density at radius 3 is 3.00 bits per heavy atom. The van der Waals surface area contributed by atoms with Crippen molar-refractivity contribution in [3.8, 4) is 0 Å². The number of aromatic nitrogens is 1. The highest BCUT2D eigenvalue weighted by atomic mass is 19.1. The van der Waals surface area contributed by atoms with Gasteiger partial charge in [-0.15, -0.1) is 0 Å². The monoisotopic (exact) mass is 268 g/mol.